The van der Waals surface area contributed by atoms with Crippen LogP contribution in [0, 0.1) is 12.8 Å². The molecule has 1 fully saturated rings. The molecule has 4 nitrogen and oxygen atoms in total. The van der Waals surface area contributed by atoms with E-state index in [4.69, 9.17) is 0 Å². The summed E-state index contributed by atoms with van der Waals surface area (Å²) in [6.07, 6.45) is 6.20. The normalized spacial score (nSPS) is 25.5. The molecule has 0 spiro atoms. The van der Waals surface area contributed by atoms with Crippen LogP contribution >= 0.6 is 0 Å². The molecule has 1 N–H and O–H groups in total. The minimum absolute atomic E-state index is 0.522. The predicted molar refractivity (Wildman–Crippen MR) is 79.2 cm³/mol. The van der Waals surface area contributed by atoms with E-state index in [1.54, 1.807) is 0 Å². The quantitative estimate of drug-likeness (QED) is 0.904. The number of likely N-dealkylation sites (tertiary alicyclic amines) is 1. The van der Waals surface area contributed by atoms with Gasteiger partial charge in [-0.25, -0.2) is 0 Å². The van der Waals surface area contributed by atoms with Crippen LogP contribution < -0.4 is 5.32 Å². The van der Waals surface area contributed by atoms with Crippen molar-refractivity contribution >= 4 is 0 Å². The molecule has 4 heteroatoms. The van der Waals surface area contributed by atoms with E-state index in [0.717, 1.165) is 13.1 Å². The number of rotatable bonds is 4. The Bertz CT molecular complexity index is 399. The van der Waals surface area contributed by atoms with Gasteiger partial charge in [0, 0.05) is 24.8 Å². The van der Waals surface area contributed by atoms with Gasteiger partial charge < -0.3 is 5.32 Å². The first-order chi connectivity index (χ1) is 9.17. The van der Waals surface area contributed by atoms with Crippen LogP contribution in [0.25, 0.3) is 0 Å². The fraction of sp³-hybridized carbons (Fsp3) is 0.800. The van der Waals surface area contributed by atoms with E-state index in [2.05, 4.69) is 42.4 Å². The number of hydrogen-bond acceptors (Lipinski definition) is 3. The van der Waals surface area contributed by atoms with Crippen LogP contribution in [-0.4, -0.2) is 41.4 Å². The van der Waals surface area contributed by atoms with Gasteiger partial charge in [0.15, 0.2) is 0 Å². The molecule has 2 unspecified atom stereocenters. The summed E-state index contributed by atoms with van der Waals surface area (Å²) in [5, 5.41) is 7.93. The van der Waals surface area contributed by atoms with Crippen LogP contribution in [0.4, 0.5) is 0 Å². The zero-order valence-corrected chi connectivity index (χ0v) is 12.8. The molecule has 0 amide bonds. The zero-order valence-electron chi connectivity index (χ0n) is 12.8. The monoisotopic (exact) mass is 264 g/mol. The lowest BCUT2D eigenvalue weighted by atomic mass is 9.89. The third-order valence-corrected chi connectivity index (χ3v) is 4.35. The molecule has 2 rings (SSSR count). The lowest BCUT2D eigenvalue weighted by Crippen LogP contribution is -2.36. The molecule has 108 valence electrons. The maximum atomic E-state index is 4.55. The maximum absolute atomic E-state index is 4.55. The van der Waals surface area contributed by atoms with Crippen molar-refractivity contribution in [1.82, 2.24) is 20.0 Å². The van der Waals surface area contributed by atoms with Gasteiger partial charge in [0.05, 0.1) is 5.69 Å². The average Bonchev–Trinajstić information content (AvgIpc) is 2.61. The Labute approximate surface area is 117 Å². The first kappa shape index (κ1) is 14.5. The summed E-state index contributed by atoms with van der Waals surface area (Å²) in [5.74, 6) is 0.690. The Balaban J connectivity index is 2.34. The zero-order chi connectivity index (χ0) is 13.8. The Morgan fingerprint density at radius 1 is 1.42 bits per heavy atom. The van der Waals surface area contributed by atoms with E-state index < -0.39 is 0 Å². The van der Waals surface area contributed by atoms with E-state index >= 15 is 0 Å². The van der Waals surface area contributed by atoms with E-state index in [1.807, 2.05) is 11.7 Å². The highest BCUT2D eigenvalue weighted by molar-refractivity contribution is 5.21. The van der Waals surface area contributed by atoms with E-state index in [9.17, 15) is 0 Å². The van der Waals surface area contributed by atoms with Crippen molar-refractivity contribution in [1.29, 1.82) is 0 Å². The minimum atomic E-state index is 0.522. The van der Waals surface area contributed by atoms with Gasteiger partial charge in [0.2, 0.25) is 0 Å². The standard InChI is InChI=1S/C15H28N4/c1-5-19-9-7-6-8-13(10-16-3)15(19)14-11-18(4)17-12(14)2/h11,13,15-16H,5-10H2,1-4H3. The Morgan fingerprint density at radius 3 is 2.79 bits per heavy atom. The van der Waals surface area contributed by atoms with Gasteiger partial charge in [-0.2, -0.15) is 5.10 Å². The fourth-order valence-electron chi connectivity index (χ4n) is 3.51. The van der Waals surface area contributed by atoms with Crippen LogP contribution in [0.15, 0.2) is 6.20 Å². The molecule has 1 aliphatic rings. The molecule has 2 heterocycles. The molecule has 1 aromatic rings. The summed E-state index contributed by atoms with van der Waals surface area (Å²) < 4.78 is 1.96. The predicted octanol–water partition coefficient (Wildman–Crippen LogP) is 2.11. The smallest absolute Gasteiger partial charge is 0.0641 e. The van der Waals surface area contributed by atoms with E-state index in [1.165, 1.54) is 37.1 Å². The molecule has 0 aromatic carbocycles. The number of nitrogens with one attached hydrogen (secondary N) is 1. The number of hydrogen-bond donors (Lipinski definition) is 1. The van der Waals surface area contributed by atoms with Crippen molar-refractivity contribution in [2.24, 2.45) is 13.0 Å². The summed E-state index contributed by atoms with van der Waals surface area (Å²) in [6, 6.07) is 0.522. The summed E-state index contributed by atoms with van der Waals surface area (Å²) >= 11 is 0. The molecule has 0 saturated carbocycles. The van der Waals surface area contributed by atoms with Gasteiger partial charge in [-0.15, -0.1) is 0 Å². The third kappa shape index (κ3) is 3.18. The van der Waals surface area contributed by atoms with Crippen LogP contribution in [0.2, 0.25) is 0 Å². The Hall–Kier alpha value is -0.870. The van der Waals surface area contributed by atoms with Gasteiger partial charge in [0.1, 0.15) is 0 Å². The van der Waals surface area contributed by atoms with Crippen molar-refractivity contribution < 1.29 is 0 Å². The number of nitrogens with zero attached hydrogens (tertiary/aromatic N) is 3. The molecular weight excluding hydrogens is 236 g/mol. The third-order valence-electron chi connectivity index (χ3n) is 4.35. The first-order valence-electron chi connectivity index (χ1n) is 7.56. The molecular formula is C15H28N4. The van der Waals surface area contributed by atoms with Crippen LogP contribution in [0.1, 0.15) is 43.5 Å². The van der Waals surface area contributed by atoms with Crippen LogP contribution in [0.5, 0.6) is 0 Å². The van der Waals surface area contributed by atoms with Gasteiger partial charge in [-0.1, -0.05) is 13.3 Å². The average molecular weight is 264 g/mol. The van der Waals surface area contributed by atoms with Gasteiger partial charge in [-0.05, 0) is 52.4 Å². The molecule has 1 aliphatic heterocycles. The second-order valence-corrected chi connectivity index (χ2v) is 5.73. The molecule has 19 heavy (non-hydrogen) atoms. The summed E-state index contributed by atoms with van der Waals surface area (Å²) in [4.78, 5) is 2.64. The first-order valence-corrected chi connectivity index (χ1v) is 7.56. The molecule has 0 bridgehead atoms. The highest BCUT2D eigenvalue weighted by Crippen LogP contribution is 2.35. The molecule has 1 saturated heterocycles. The summed E-state index contributed by atoms with van der Waals surface area (Å²) in [6.45, 7) is 7.86. The molecule has 0 aliphatic carbocycles. The van der Waals surface area contributed by atoms with Gasteiger partial charge in [0.25, 0.3) is 0 Å². The molecule has 2 atom stereocenters. The second kappa shape index (κ2) is 6.53. The van der Waals surface area contributed by atoms with Crippen molar-refractivity contribution in [2.75, 3.05) is 26.7 Å². The second-order valence-electron chi connectivity index (χ2n) is 5.73. The van der Waals surface area contributed by atoms with Crippen molar-refractivity contribution in [3.8, 4) is 0 Å². The fourth-order valence-corrected chi connectivity index (χ4v) is 3.51. The van der Waals surface area contributed by atoms with Crippen molar-refractivity contribution in [3.05, 3.63) is 17.5 Å². The Morgan fingerprint density at radius 2 is 2.21 bits per heavy atom. The van der Waals surface area contributed by atoms with E-state index in [-0.39, 0.29) is 0 Å². The maximum Gasteiger partial charge on any atom is 0.0641 e. The largest absolute Gasteiger partial charge is 0.319 e. The van der Waals surface area contributed by atoms with Gasteiger partial charge in [-0.3, -0.25) is 9.58 Å². The number of aromatic nitrogens is 2. The summed E-state index contributed by atoms with van der Waals surface area (Å²) in [5.41, 5.74) is 2.61. The lowest BCUT2D eigenvalue weighted by Gasteiger charge is -2.34. The molecule has 0 radical (unpaired) electrons. The molecule has 1 aromatic heterocycles. The van der Waals surface area contributed by atoms with Crippen molar-refractivity contribution in [2.45, 2.75) is 39.2 Å². The summed E-state index contributed by atoms with van der Waals surface area (Å²) in [7, 11) is 4.09. The lowest BCUT2D eigenvalue weighted by molar-refractivity contribution is 0.162. The highest BCUT2D eigenvalue weighted by atomic mass is 15.3. The van der Waals surface area contributed by atoms with Crippen LogP contribution in [-0.2, 0) is 7.05 Å². The number of aryl methyl sites for hydroxylation is 2. The van der Waals surface area contributed by atoms with Gasteiger partial charge >= 0.3 is 0 Å². The SMILES string of the molecule is CCN1CCCCC(CNC)C1c1cn(C)nc1C. The van der Waals surface area contributed by atoms with Crippen LogP contribution in [0.3, 0.4) is 0 Å². The highest BCUT2D eigenvalue weighted by Gasteiger charge is 2.31. The van der Waals surface area contributed by atoms with Crippen molar-refractivity contribution in [3.63, 3.8) is 0 Å². The topological polar surface area (TPSA) is 33.1 Å². The van der Waals surface area contributed by atoms with E-state index in [0.29, 0.717) is 12.0 Å². The minimum Gasteiger partial charge on any atom is -0.319 e. The Kier molecular flexibility index (Phi) is 4.99.